The Bertz CT molecular complexity index is 3090. The predicted octanol–water partition coefficient (Wildman–Crippen LogP) is 16.2. The van der Waals surface area contributed by atoms with E-state index in [1.165, 1.54) is 99.3 Å². The zero-order chi connectivity index (χ0) is 40.7. The summed E-state index contributed by atoms with van der Waals surface area (Å²) in [7, 11) is 0. The standard InChI is InChI=1S/C57H50N2/c1-35-29-46(30-36(2)39(35)5)58(42-17-11-9-12-18-42)44-24-27-48-41(33-44)23-26-52-54-50-22-16-15-21-49(50)53-34-45(25-28-51(53)56(54)57(7,8)55(48)52)59(43-19-13-10-14-20-43)47-31-37(3)40(6)38(4)32-47/h9-34H,1-8H3. The monoisotopic (exact) mass is 762 g/mol. The first-order chi connectivity index (χ1) is 28.5. The van der Waals surface area contributed by atoms with Crippen LogP contribution < -0.4 is 9.80 Å². The van der Waals surface area contributed by atoms with Crippen molar-refractivity contribution in [3.05, 3.63) is 202 Å². The molecule has 59 heavy (non-hydrogen) atoms. The van der Waals surface area contributed by atoms with Crippen LogP contribution in [0, 0.1) is 41.5 Å². The molecular formula is C57H50N2. The normalized spacial score (nSPS) is 12.9. The van der Waals surface area contributed by atoms with Gasteiger partial charge in [0.2, 0.25) is 0 Å². The molecule has 0 fully saturated rings. The Morgan fingerprint density at radius 3 is 1.36 bits per heavy atom. The number of rotatable bonds is 6. The molecule has 2 nitrogen and oxygen atoms in total. The lowest BCUT2D eigenvalue weighted by molar-refractivity contribution is 0.672. The molecule has 0 saturated carbocycles. The molecule has 0 unspecified atom stereocenters. The zero-order valence-corrected chi connectivity index (χ0v) is 35.4. The van der Waals surface area contributed by atoms with Gasteiger partial charge in [0, 0.05) is 39.5 Å². The topological polar surface area (TPSA) is 6.48 Å². The molecule has 0 spiro atoms. The van der Waals surface area contributed by atoms with Gasteiger partial charge < -0.3 is 9.80 Å². The van der Waals surface area contributed by atoms with E-state index < -0.39 is 0 Å². The summed E-state index contributed by atoms with van der Waals surface area (Å²) in [6, 6.07) is 59.0. The molecule has 0 saturated heterocycles. The lowest BCUT2D eigenvalue weighted by Crippen LogP contribution is -2.16. The molecule has 1 aliphatic rings. The van der Waals surface area contributed by atoms with Crippen molar-refractivity contribution in [2.75, 3.05) is 9.80 Å². The molecule has 10 rings (SSSR count). The number of benzene rings is 9. The highest BCUT2D eigenvalue weighted by atomic mass is 15.1. The molecule has 0 aliphatic heterocycles. The van der Waals surface area contributed by atoms with Crippen molar-refractivity contribution in [1.82, 2.24) is 0 Å². The highest BCUT2D eigenvalue weighted by Gasteiger charge is 2.40. The van der Waals surface area contributed by atoms with Crippen molar-refractivity contribution in [3.8, 4) is 11.1 Å². The van der Waals surface area contributed by atoms with Crippen molar-refractivity contribution < 1.29 is 0 Å². The van der Waals surface area contributed by atoms with Crippen LogP contribution in [0.25, 0.3) is 43.4 Å². The molecule has 288 valence electrons. The number of nitrogens with zero attached hydrogens (tertiary/aromatic N) is 2. The van der Waals surface area contributed by atoms with E-state index in [9.17, 15) is 0 Å². The predicted molar refractivity (Wildman–Crippen MR) is 254 cm³/mol. The first-order valence-corrected chi connectivity index (χ1v) is 20.9. The summed E-state index contributed by atoms with van der Waals surface area (Å²) in [4.78, 5) is 4.83. The maximum atomic E-state index is 2.44. The van der Waals surface area contributed by atoms with E-state index in [0.717, 1.165) is 22.7 Å². The van der Waals surface area contributed by atoms with Gasteiger partial charge in [-0.2, -0.15) is 0 Å². The minimum atomic E-state index is -0.246. The van der Waals surface area contributed by atoms with Gasteiger partial charge in [-0.05, 0) is 202 Å². The molecule has 0 aromatic heterocycles. The Kier molecular flexibility index (Phi) is 8.54. The molecule has 9 aromatic rings. The van der Waals surface area contributed by atoms with Gasteiger partial charge in [0.25, 0.3) is 0 Å². The fourth-order valence-electron chi connectivity index (χ4n) is 10.0. The lowest BCUT2D eigenvalue weighted by atomic mass is 9.77. The second-order valence-corrected chi connectivity index (χ2v) is 17.3. The molecule has 1 aliphatic carbocycles. The van der Waals surface area contributed by atoms with Crippen LogP contribution in [0.5, 0.6) is 0 Å². The Balaban J connectivity index is 1.16. The van der Waals surface area contributed by atoms with Gasteiger partial charge in [-0.1, -0.05) is 98.8 Å². The Hall–Kier alpha value is -6.64. The fourth-order valence-corrected chi connectivity index (χ4v) is 10.0. The van der Waals surface area contributed by atoms with Crippen molar-refractivity contribution in [1.29, 1.82) is 0 Å². The van der Waals surface area contributed by atoms with Crippen LogP contribution in [0.1, 0.15) is 58.4 Å². The smallest absolute Gasteiger partial charge is 0.0468 e. The van der Waals surface area contributed by atoms with Crippen LogP contribution in [-0.4, -0.2) is 0 Å². The SMILES string of the molecule is Cc1cc(N(c2ccccc2)c2ccc3c4c(ccc3c2)-c2c(c3ccc(N(c5ccccc5)c5cc(C)c(C)c(C)c5)cc3c3ccccc23)C4(C)C)cc(C)c1C. The van der Waals surface area contributed by atoms with Crippen LogP contribution in [0.4, 0.5) is 34.1 Å². The third kappa shape index (κ3) is 5.76. The van der Waals surface area contributed by atoms with Crippen LogP contribution in [0.15, 0.2) is 158 Å². The number of hydrogen-bond acceptors (Lipinski definition) is 2. The van der Waals surface area contributed by atoms with Crippen LogP contribution in [-0.2, 0) is 5.41 Å². The average molecular weight is 763 g/mol. The quantitative estimate of drug-likeness (QED) is 0.156. The van der Waals surface area contributed by atoms with Crippen LogP contribution in [0.3, 0.4) is 0 Å². The largest absolute Gasteiger partial charge is 0.310 e. The summed E-state index contributed by atoms with van der Waals surface area (Å²) in [5.74, 6) is 0. The van der Waals surface area contributed by atoms with E-state index in [-0.39, 0.29) is 5.41 Å². The summed E-state index contributed by atoms with van der Waals surface area (Å²) in [5.41, 5.74) is 20.2. The summed E-state index contributed by atoms with van der Waals surface area (Å²) < 4.78 is 0. The van der Waals surface area contributed by atoms with E-state index in [2.05, 4.69) is 223 Å². The summed E-state index contributed by atoms with van der Waals surface area (Å²) in [5, 5.41) is 7.76. The number of anilines is 6. The van der Waals surface area contributed by atoms with E-state index in [4.69, 9.17) is 0 Å². The average Bonchev–Trinajstić information content (AvgIpc) is 3.49. The van der Waals surface area contributed by atoms with E-state index in [1.807, 2.05) is 0 Å². The fraction of sp³-hybridized carbons (Fsp3) is 0.158. The first-order valence-electron chi connectivity index (χ1n) is 20.9. The van der Waals surface area contributed by atoms with Gasteiger partial charge in [0.05, 0.1) is 0 Å². The number of fused-ring (bicyclic) bond motifs is 10. The number of para-hydroxylation sites is 2. The van der Waals surface area contributed by atoms with Gasteiger partial charge >= 0.3 is 0 Å². The van der Waals surface area contributed by atoms with Crippen molar-refractivity contribution in [3.63, 3.8) is 0 Å². The van der Waals surface area contributed by atoms with Crippen LogP contribution >= 0.6 is 0 Å². The lowest BCUT2D eigenvalue weighted by Gasteiger charge is -2.29. The second kappa shape index (κ2) is 13.7. The minimum Gasteiger partial charge on any atom is -0.310 e. The minimum absolute atomic E-state index is 0.246. The summed E-state index contributed by atoms with van der Waals surface area (Å²) in [6.45, 7) is 18.2. The maximum absolute atomic E-state index is 2.44. The molecule has 9 aromatic carbocycles. The molecule has 2 heteroatoms. The van der Waals surface area contributed by atoms with Gasteiger partial charge in [0.15, 0.2) is 0 Å². The van der Waals surface area contributed by atoms with Crippen molar-refractivity contribution in [2.24, 2.45) is 0 Å². The third-order valence-electron chi connectivity index (χ3n) is 13.4. The van der Waals surface area contributed by atoms with Crippen LogP contribution in [0.2, 0.25) is 0 Å². The third-order valence-corrected chi connectivity index (χ3v) is 13.4. The Morgan fingerprint density at radius 1 is 0.339 bits per heavy atom. The molecular weight excluding hydrogens is 713 g/mol. The summed E-state index contributed by atoms with van der Waals surface area (Å²) >= 11 is 0. The second-order valence-electron chi connectivity index (χ2n) is 17.3. The Morgan fingerprint density at radius 2 is 0.814 bits per heavy atom. The van der Waals surface area contributed by atoms with Gasteiger partial charge in [-0.15, -0.1) is 0 Å². The number of aryl methyl sites for hydroxylation is 4. The summed E-state index contributed by atoms with van der Waals surface area (Å²) in [6.07, 6.45) is 0. The van der Waals surface area contributed by atoms with Crippen molar-refractivity contribution >= 4 is 66.4 Å². The molecule has 0 amide bonds. The number of hydrogen-bond donors (Lipinski definition) is 0. The van der Waals surface area contributed by atoms with E-state index in [0.29, 0.717) is 0 Å². The molecule has 0 bridgehead atoms. The highest BCUT2D eigenvalue weighted by Crippen LogP contribution is 2.57. The maximum Gasteiger partial charge on any atom is 0.0468 e. The van der Waals surface area contributed by atoms with Gasteiger partial charge in [-0.25, -0.2) is 0 Å². The molecule has 0 heterocycles. The van der Waals surface area contributed by atoms with Gasteiger partial charge in [0.1, 0.15) is 0 Å². The molecule has 0 atom stereocenters. The first kappa shape index (κ1) is 36.7. The molecule has 0 N–H and O–H groups in total. The zero-order valence-electron chi connectivity index (χ0n) is 35.4. The highest BCUT2D eigenvalue weighted by molar-refractivity contribution is 6.20. The van der Waals surface area contributed by atoms with E-state index >= 15 is 0 Å². The van der Waals surface area contributed by atoms with Gasteiger partial charge in [-0.3, -0.25) is 0 Å². The van der Waals surface area contributed by atoms with E-state index in [1.54, 1.807) is 0 Å². The molecule has 0 radical (unpaired) electrons. The van der Waals surface area contributed by atoms with Crippen molar-refractivity contribution in [2.45, 2.75) is 60.8 Å². The Labute approximate surface area is 349 Å².